The van der Waals surface area contributed by atoms with Crippen LogP contribution in [0.4, 0.5) is 0 Å². The van der Waals surface area contributed by atoms with Crippen molar-refractivity contribution in [3.05, 3.63) is 34.9 Å². The largest absolute Gasteiger partial charge is 0.342 e. The van der Waals surface area contributed by atoms with Gasteiger partial charge in [-0.3, -0.25) is 4.79 Å². The Morgan fingerprint density at radius 2 is 1.75 bits per heavy atom. The minimum Gasteiger partial charge on any atom is -0.342 e. The summed E-state index contributed by atoms with van der Waals surface area (Å²) in [6.45, 7) is 3.77. The Bertz CT molecular complexity index is 545. The molecule has 1 aromatic rings. The lowest BCUT2D eigenvalue weighted by molar-refractivity contribution is -0.138. The fraction of sp³-hybridized carbons (Fsp3) is 0.632. The monoisotopic (exact) mass is 370 g/mol. The molecular weight excluding hydrogens is 343 g/mol. The summed E-state index contributed by atoms with van der Waals surface area (Å²) in [7, 11) is 0. The second kappa shape index (κ2) is 8.07. The van der Waals surface area contributed by atoms with Gasteiger partial charge in [0.25, 0.3) is 0 Å². The second-order valence-electron chi connectivity index (χ2n) is 7.28. The highest BCUT2D eigenvalue weighted by molar-refractivity contribution is 6.30. The minimum atomic E-state index is -0.328. The van der Waals surface area contributed by atoms with Gasteiger partial charge in [0.05, 0.1) is 5.41 Å². The van der Waals surface area contributed by atoms with Crippen molar-refractivity contribution < 1.29 is 4.79 Å². The van der Waals surface area contributed by atoms with E-state index in [4.69, 9.17) is 17.3 Å². The molecule has 24 heavy (non-hydrogen) atoms. The van der Waals surface area contributed by atoms with Crippen molar-refractivity contribution in [2.24, 2.45) is 11.7 Å². The fourth-order valence-corrected chi connectivity index (χ4v) is 4.43. The van der Waals surface area contributed by atoms with Crippen LogP contribution in [0.3, 0.4) is 0 Å². The summed E-state index contributed by atoms with van der Waals surface area (Å²) in [5.41, 5.74) is 6.84. The number of nitrogens with zero attached hydrogens (tertiary/aromatic N) is 1. The fourth-order valence-electron chi connectivity index (χ4n) is 4.30. The second-order valence-corrected chi connectivity index (χ2v) is 7.72. The zero-order valence-corrected chi connectivity index (χ0v) is 15.9. The Morgan fingerprint density at radius 3 is 2.25 bits per heavy atom. The Labute approximate surface area is 156 Å². The lowest BCUT2D eigenvalue weighted by atomic mass is 9.77. The van der Waals surface area contributed by atoms with Gasteiger partial charge in [-0.1, -0.05) is 36.6 Å². The maximum absolute atomic E-state index is 13.3. The van der Waals surface area contributed by atoms with Gasteiger partial charge in [0.2, 0.25) is 5.91 Å². The zero-order chi connectivity index (χ0) is 16.4. The molecule has 1 aliphatic carbocycles. The van der Waals surface area contributed by atoms with Crippen molar-refractivity contribution in [3.8, 4) is 0 Å². The van der Waals surface area contributed by atoms with Gasteiger partial charge in [0.1, 0.15) is 0 Å². The molecule has 3 nitrogen and oxygen atoms in total. The van der Waals surface area contributed by atoms with Gasteiger partial charge in [-0.2, -0.15) is 0 Å². The van der Waals surface area contributed by atoms with Gasteiger partial charge in [0, 0.05) is 24.2 Å². The summed E-state index contributed by atoms with van der Waals surface area (Å²) in [4.78, 5) is 15.4. The van der Waals surface area contributed by atoms with Crippen molar-refractivity contribution in [1.29, 1.82) is 0 Å². The maximum atomic E-state index is 13.3. The van der Waals surface area contributed by atoms with E-state index in [0.717, 1.165) is 62.2 Å². The highest BCUT2D eigenvalue weighted by atomic mass is 35.5. The number of hydrogen-bond acceptors (Lipinski definition) is 2. The zero-order valence-electron chi connectivity index (χ0n) is 14.3. The Morgan fingerprint density at radius 1 is 1.21 bits per heavy atom. The SMILES string of the molecule is CC(N)C1CCN(C(=O)C2(c3ccc(Cl)cc3)CCCC2)CC1.Cl. The van der Waals surface area contributed by atoms with E-state index in [1.807, 2.05) is 24.3 Å². The third kappa shape index (κ3) is 3.74. The van der Waals surface area contributed by atoms with Gasteiger partial charge in [-0.05, 0) is 56.2 Å². The molecule has 0 bridgehead atoms. The number of nitrogens with two attached hydrogens (primary N) is 1. The minimum absolute atomic E-state index is 0. The molecule has 0 aromatic heterocycles. The molecule has 1 aromatic carbocycles. The highest BCUT2D eigenvalue weighted by Gasteiger charge is 2.45. The van der Waals surface area contributed by atoms with Gasteiger partial charge in [-0.25, -0.2) is 0 Å². The number of carbonyl (C=O) groups excluding carboxylic acids is 1. The van der Waals surface area contributed by atoms with E-state index in [1.165, 1.54) is 0 Å². The van der Waals surface area contributed by atoms with E-state index in [-0.39, 0.29) is 23.9 Å². The van der Waals surface area contributed by atoms with Crippen LogP contribution in [-0.4, -0.2) is 29.9 Å². The highest BCUT2D eigenvalue weighted by Crippen LogP contribution is 2.43. The average molecular weight is 371 g/mol. The number of halogens is 2. The summed E-state index contributed by atoms with van der Waals surface area (Å²) in [5, 5.41) is 0.729. The molecule has 1 unspecified atom stereocenters. The van der Waals surface area contributed by atoms with Crippen molar-refractivity contribution in [1.82, 2.24) is 4.90 Å². The first-order valence-electron chi connectivity index (χ1n) is 8.84. The summed E-state index contributed by atoms with van der Waals surface area (Å²) >= 11 is 6.03. The van der Waals surface area contributed by atoms with Crippen LogP contribution < -0.4 is 5.73 Å². The van der Waals surface area contributed by atoms with Crippen molar-refractivity contribution >= 4 is 29.9 Å². The van der Waals surface area contributed by atoms with E-state index in [1.54, 1.807) is 0 Å². The van der Waals surface area contributed by atoms with Gasteiger partial charge < -0.3 is 10.6 Å². The normalized spacial score (nSPS) is 22.0. The molecule has 2 aliphatic rings. The number of hydrogen-bond donors (Lipinski definition) is 1. The van der Waals surface area contributed by atoms with Crippen LogP contribution in [-0.2, 0) is 10.2 Å². The molecule has 134 valence electrons. The van der Waals surface area contributed by atoms with Crippen LogP contribution in [0, 0.1) is 5.92 Å². The third-order valence-corrected chi connectivity index (χ3v) is 6.09. The molecule has 1 saturated heterocycles. The van der Waals surface area contributed by atoms with E-state index >= 15 is 0 Å². The number of piperidine rings is 1. The average Bonchev–Trinajstić information content (AvgIpc) is 3.06. The molecule has 1 heterocycles. The lowest BCUT2D eigenvalue weighted by Crippen LogP contribution is -2.50. The molecule has 5 heteroatoms. The summed E-state index contributed by atoms with van der Waals surface area (Å²) in [5.74, 6) is 0.870. The number of rotatable bonds is 3. The molecule has 0 radical (unpaired) electrons. The summed E-state index contributed by atoms with van der Waals surface area (Å²) in [6, 6.07) is 8.13. The molecule has 0 spiro atoms. The predicted molar refractivity (Wildman–Crippen MR) is 102 cm³/mol. The quantitative estimate of drug-likeness (QED) is 0.867. The molecule has 1 atom stereocenters. The Kier molecular flexibility index (Phi) is 6.58. The Balaban J connectivity index is 0.00000208. The molecular formula is C19H28Cl2N2O. The first kappa shape index (κ1) is 19.6. The number of amides is 1. The molecule has 1 aliphatic heterocycles. The predicted octanol–water partition coefficient (Wildman–Crippen LogP) is 4.16. The molecule has 2 fully saturated rings. The first-order valence-corrected chi connectivity index (χ1v) is 9.22. The maximum Gasteiger partial charge on any atom is 0.233 e. The molecule has 2 N–H and O–H groups in total. The van der Waals surface area contributed by atoms with Crippen LogP contribution in [0.2, 0.25) is 5.02 Å². The van der Waals surface area contributed by atoms with Gasteiger partial charge in [0.15, 0.2) is 0 Å². The van der Waals surface area contributed by atoms with Gasteiger partial charge in [-0.15, -0.1) is 12.4 Å². The van der Waals surface area contributed by atoms with E-state index in [0.29, 0.717) is 11.8 Å². The summed E-state index contributed by atoms with van der Waals surface area (Å²) in [6.07, 6.45) is 6.23. The van der Waals surface area contributed by atoms with Crippen LogP contribution >= 0.6 is 24.0 Å². The van der Waals surface area contributed by atoms with Gasteiger partial charge >= 0.3 is 0 Å². The van der Waals surface area contributed by atoms with Crippen LogP contribution in [0.15, 0.2) is 24.3 Å². The number of benzene rings is 1. The molecule has 1 amide bonds. The smallest absolute Gasteiger partial charge is 0.233 e. The first-order chi connectivity index (χ1) is 11.0. The summed E-state index contributed by atoms with van der Waals surface area (Å²) < 4.78 is 0. The van der Waals surface area contributed by atoms with Crippen molar-refractivity contribution in [2.75, 3.05) is 13.1 Å². The van der Waals surface area contributed by atoms with E-state index in [2.05, 4.69) is 11.8 Å². The van der Waals surface area contributed by atoms with Crippen LogP contribution in [0.5, 0.6) is 0 Å². The van der Waals surface area contributed by atoms with Crippen LogP contribution in [0.25, 0.3) is 0 Å². The van der Waals surface area contributed by atoms with Crippen LogP contribution in [0.1, 0.15) is 51.0 Å². The van der Waals surface area contributed by atoms with E-state index in [9.17, 15) is 4.79 Å². The third-order valence-electron chi connectivity index (χ3n) is 5.83. The van der Waals surface area contributed by atoms with E-state index < -0.39 is 0 Å². The lowest BCUT2D eigenvalue weighted by Gasteiger charge is -2.39. The molecule has 3 rings (SSSR count). The Hall–Kier alpha value is -0.770. The standard InChI is InChI=1S/C19H27ClN2O.ClH/c1-14(21)15-8-12-22(13-9-15)18(23)19(10-2-3-11-19)16-4-6-17(20)7-5-16;/h4-7,14-15H,2-3,8-13,21H2,1H3;1H. The number of carbonyl (C=O) groups is 1. The van der Waals surface area contributed by atoms with Crippen molar-refractivity contribution in [2.45, 2.75) is 56.9 Å². The molecule has 1 saturated carbocycles. The van der Waals surface area contributed by atoms with Crippen molar-refractivity contribution in [3.63, 3.8) is 0 Å². The topological polar surface area (TPSA) is 46.3 Å². The number of likely N-dealkylation sites (tertiary alicyclic amines) is 1.